The third-order valence-corrected chi connectivity index (χ3v) is 3.17. The van der Waals surface area contributed by atoms with Crippen LogP contribution in [-0.2, 0) is 0 Å². The lowest BCUT2D eigenvalue weighted by atomic mass is 10.1. The van der Waals surface area contributed by atoms with E-state index in [1.54, 1.807) is 19.1 Å². The minimum absolute atomic E-state index is 0.0726. The predicted octanol–water partition coefficient (Wildman–Crippen LogP) is 3.58. The van der Waals surface area contributed by atoms with Gasteiger partial charge in [0.2, 0.25) is 0 Å². The van der Waals surface area contributed by atoms with E-state index in [1.165, 1.54) is 31.4 Å². The highest BCUT2D eigenvalue weighted by Crippen LogP contribution is 2.31. The molecule has 0 radical (unpaired) electrons. The van der Waals surface area contributed by atoms with Crippen LogP contribution in [0, 0.1) is 17.1 Å². The number of hydrogen-bond donors (Lipinski definition) is 2. The van der Waals surface area contributed by atoms with Crippen LogP contribution in [0.15, 0.2) is 36.4 Å². The number of nitriles is 1. The Labute approximate surface area is 122 Å². The second-order valence-corrected chi connectivity index (χ2v) is 4.60. The number of hydrogen-bond acceptors (Lipinski definition) is 4. The van der Waals surface area contributed by atoms with Gasteiger partial charge in [-0.1, -0.05) is 0 Å². The topological polar surface area (TPSA) is 65.3 Å². The van der Waals surface area contributed by atoms with Crippen molar-refractivity contribution in [1.82, 2.24) is 0 Å². The van der Waals surface area contributed by atoms with Crippen molar-refractivity contribution in [3.63, 3.8) is 0 Å². The molecule has 2 N–H and O–H groups in total. The Morgan fingerprint density at radius 2 is 2.05 bits per heavy atom. The van der Waals surface area contributed by atoms with E-state index in [0.717, 1.165) is 0 Å². The largest absolute Gasteiger partial charge is 0.507 e. The average molecular weight is 286 g/mol. The van der Waals surface area contributed by atoms with Crippen LogP contribution in [0.25, 0.3) is 0 Å². The SMILES string of the molecule is COc1ccc(C(C)Nc2ccc(C#N)cc2F)c(O)c1. The minimum atomic E-state index is -0.506. The first-order valence-corrected chi connectivity index (χ1v) is 6.38. The molecule has 4 nitrogen and oxygen atoms in total. The fraction of sp³-hybridized carbons (Fsp3) is 0.188. The molecule has 2 aromatic rings. The molecular formula is C16H15FN2O2. The molecule has 0 aromatic heterocycles. The summed E-state index contributed by atoms with van der Waals surface area (Å²) in [7, 11) is 1.52. The first-order chi connectivity index (χ1) is 10.0. The van der Waals surface area contributed by atoms with Crippen LogP contribution in [0.1, 0.15) is 24.1 Å². The third-order valence-electron chi connectivity index (χ3n) is 3.17. The maximum Gasteiger partial charge on any atom is 0.147 e. The Morgan fingerprint density at radius 3 is 2.62 bits per heavy atom. The fourth-order valence-electron chi connectivity index (χ4n) is 2.03. The highest BCUT2D eigenvalue weighted by atomic mass is 19.1. The van der Waals surface area contributed by atoms with Crippen LogP contribution >= 0.6 is 0 Å². The summed E-state index contributed by atoms with van der Waals surface area (Å²) in [6.07, 6.45) is 0. The van der Waals surface area contributed by atoms with Gasteiger partial charge in [0.25, 0.3) is 0 Å². The molecule has 0 heterocycles. The molecule has 0 aliphatic heterocycles. The van der Waals surface area contributed by atoms with E-state index in [1.807, 2.05) is 6.07 Å². The molecule has 21 heavy (non-hydrogen) atoms. The number of benzene rings is 2. The van der Waals surface area contributed by atoms with Crippen LogP contribution in [0.4, 0.5) is 10.1 Å². The zero-order valence-electron chi connectivity index (χ0n) is 11.7. The molecule has 1 atom stereocenters. The number of ether oxygens (including phenoxy) is 1. The molecule has 0 amide bonds. The van der Waals surface area contributed by atoms with Gasteiger partial charge < -0.3 is 15.2 Å². The quantitative estimate of drug-likeness (QED) is 0.901. The molecule has 0 saturated carbocycles. The van der Waals surface area contributed by atoms with Gasteiger partial charge in [0, 0.05) is 11.6 Å². The van der Waals surface area contributed by atoms with Crippen LogP contribution in [-0.4, -0.2) is 12.2 Å². The Kier molecular flexibility index (Phi) is 4.29. The number of nitrogens with one attached hydrogen (secondary N) is 1. The van der Waals surface area contributed by atoms with Gasteiger partial charge in [0.05, 0.1) is 30.5 Å². The number of nitrogens with zero attached hydrogens (tertiary/aromatic N) is 1. The van der Waals surface area contributed by atoms with Gasteiger partial charge in [-0.05, 0) is 37.3 Å². The molecule has 0 aliphatic rings. The van der Waals surface area contributed by atoms with Crippen LogP contribution in [0.3, 0.4) is 0 Å². The van der Waals surface area contributed by atoms with E-state index in [9.17, 15) is 9.50 Å². The van der Waals surface area contributed by atoms with Gasteiger partial charge in [-0.3, -0.25) is 0 Å². The van der Waals surface area contributed by atoms with Crippen LogP contribution < -0.4 is 10.1 Å². The van der Waals surface area contributed by atoms with Crippen molar-refractivity contribution in [1.29, 1.82) is 5.26 Å². The van der Waals surface area contributed by atoms with Gasteiger partial charge in [-0.15, -0.1) is 0 Å². The molecule has 0 saturated heterocycles. The summed E-state index contributed by atoms with van der Waals surface area (Å²) in [6, 6.07) is 10.7. The molecular weight excluding hydrogens is 271 g/mol. The van der Waals surface area contributed by atoms with Crippen molar-refractivity contribution in [2.75, 3.05) is 12.4 Å². The Bertz CT molecular complexity index is 695. The molecule has 0 fully saturated rings. The molecule has 2 aromatic carbocycles. The van der Waals surface area contributed by atoms with E-state index in [2.05, 4.69) is 5.32 Å². The second kappa shape index (κ2) is 6.14. The highest BCUT2D eigenvalue weighted by molar-refractivity contribution is 5.52. The summed E-state index contributed by atoms with van der Waals surface area (Å²) in [5.41, 5.74) is 1.16. The second-order valence-electron chi connectivity index (χ2n) is 4.60. The molecule has 1 unspecified atom stereocenters. The van der Waals surface area contributed by atoms with Gasteiger partial charge in [0.1, 0.15) is 17.3 Å². The van der Waals surface area contributed by atoms with Gasteiger partial charge in [-0.25, -0.2) is 4.39 Å². The lowest BCUT2D eigenvalue weighted by Crippen LogP contribution is -2.08. The lowest BCUT2D eigenvalue weighted by Gasteiger charge is -2.18. The van der Waals surface area contributed by atoms with E-state index in [-0.39, 0.29) is 23.0 Å². The Hall–Kier alpha value is -2.74. The molecule has 2 rings (SSSR count). The van der Waals surface area contributed by atoms with E-state index >= 15 is 0 Å². The fourth-order valence-corrected chi connectivity index (χ4v) is 2.03. The summed E-state index contributed by atoms with van der Waals surface area (Å²) < 4.78 is 18.9. The Morgan fingerprint density at radius 1 is 1.29 bits per heavy atom. The minimum Gasteiger partial charge on any atom is -0.507 e. The van der Waals surface area contributed by atoms with Crippen LogP contribution in [0.2, 0.25) is 0 Å². The third kappa shape index (κ3) is 3.23. The first-order valence-electron chi connectivity index (χ1n) is 6.38. The monoisotopic (exact) mass is 286 g/mol. The first kappa shape index (κ1) is 14.7. The van der Waals surface area contributed by atoms with E-state index < -0.39 is 5.82 Å². The van der Waals surface area contributed by atoms with Gasteiger partial charge >= 0.3 is 0 Å². The number of methoxy groups -OCH3 is 1. The number of anilines is 1. The molecule has 0 spiro atoms. The smallest absolute Gasteiger partial charge is 0.147 e. The Balaban J connectivity index is 2.22. The maximum absolute atomic E-state index is 13.8. The lowest BCUT2D eigenvalue weighted by molar-refractivity contribution is 0.406. The van der Waals surface area contributed by atoms with Crippen molar-refractivity contribution < 1.29 is 14.2 Å². The zero-order chi connectivity index (χ0) is 15.4. The molecule has 5 heteroatoms. The van der Waals surface area contributed by atoms with Gasteiger partial charge in [0.15, 0.2) is 0 Å². The standard InChI is InChI=1S/C16H15FN2O2/c1-10(13-5-4-12(21-2)8-16(13)20)19-15-6-3-11(9-18)7-14(15)17/h3-8,10,19-20H,1-2H3. The molecule has 108 valence electrons. The molecule has 0 aliphatic carbocycles. The zero-order valence-corrected chi connectivity index (χ0v) is 11.7. The summed E-state index contributed by atoms with van der Waals surface area (Å²) in [6.45, 7) is 1.80. The van der Waals surface area contributed by atoms with E-state index in [4.69, 9.17) is 10.00 Å². The van der Waals surface area contributed by atoms with Crippen molar-refractivity contribution in [2.45, 2.75) is 13.0 Å². The molecule has 0 bridgehead atoms. The average Bonchev–Trinajstić information content (AvgIpc) is 2.48. The highest BCUT2D eigenvalue weighted by Gasteiger charge is 2.13. The summed E-state index contributed by atoms with van der Waals surface area (Å²) >= 11 is 0. The number of rotatable bonds is 4. The maximum atomic E-state index is 13.8. The van der Waals surface area contributed by atoms with Crippen molar-refractivity contribution >= 4 is 5.69 Å². The van der Waals surface area contributed by atoms with Gasteiger partial charge in [-0.2, -0.15) is 5.26 Å². The van der Waals surface area contributed by atoms with E-state index in [0.29, 0.717) is 11.3 Å². The number of halogens is 1. The normalized spacial score (nSPS) is 11.5. The van der Waals surface area contributed by atoms with Crippen molar-refractivity contribution in [2.24, 2.45) is 0 Å². The summed E-state index contributed by atoms with van der Waals surface area (Å²) in [5, 5.41) is 21.7. The number of phenolic OH excluding ortho intramolecular Hbond substituents is 1. The number of aromatic hydroxyl groups is 1. The summed E-state index contributed by atoms with van der Waals surface area (Å²) in [4.78, 5) is 0. The number of phenols is 1. The van der Waals surface area contributed by atoms with Crippen LogP contribution in [0.5, 0.6) is 11.5 Å². The predicted molar refractivity (Wildman–Crippen MR) is 77.8 cm³/mol. The van der Waals surface area contributed by atoms with Crippen molar-refractivity contribution in [3.05, 3.63) is 53.3 Å². The summed E-state index contributed by atoms with van der Waals surface area (Å²) in [5.74, 6) is 0.116. The van der Waals surface area contributed by atoms with Crippen molar-refractivity contribution in [3.8, 4) is 17.6 Å².